The minimum Gasteiger partial charge on any atom is -0.399 e. The largest absolute Gasteiger partial charge is 0.433 e. The van der Waals surface area contributed by atoms with Crippen LogP contribution in [0.15, 0.2) is 29.1 Å². The number of halogens is 6. The summed E-state index contributed by atoms with van der Waals surface area (Å²) in [7, 11) is 0. The number of rotatable bonds is 5. The van der Waals surface area contributed by atoms with Gasteiger partial charge in [0.25, 0.3) is 5.56 Å². The van der Waals surface area contributed by atoms with Crippen molar-refractivity contribution in [3.05, 3.63) is 45.9 Å². The van der Waals surface area contributed by atoms with Crippen molar-refractivity contribution in [1.82, 2.24) is 9.55 Å². The van der Waals surface area contributed by atoms with E-state index in [0.717, 1.165) is 16.7 Å². The molecule has 11 heteroatoms. The maximum atomic E-state index is 13.2. The molecule has 0 spiro atoms. The summed E-state index contributed by atoms with van der Waals surface area (Å²) in [6.45, 7) is 1.79. The average Bonchev–Trinajstić information content (AvgIpc) is 2.53. The molecule has 0 radical (unpaired) electrons. The number of aromatic nitrogens is 2. The Morgan fingerprint density at radius 1 is 1.11 bits per heavy atom. The summed E-state index contributed by atoms with van der Waals surface area (Å²) in [5.74, 6) is -0.626. The fourth-order valence-corrected chi connectivity index (χ4v) is 2.30. The summed E-state index contributed by atoms with van der Waals surface area (Å²) in [6.07, 6.45) is -8.70. The van der Waals surface area contributed by atoms with Crippen LogP contribution in [0.3, 0.4) is 0 Å². The summed E-state index contributed by atoms with van der Waals surface area (Å²) < 4.78 is 79.4. The van der Waals surface area contributed by atoms with Crippen LogP contribution in [0.25, 0.3) is 0 Å². The van der Waals surface area contributed by atoms with E-state index in [0.29, 0.717) is 25.0 Å². The number of alkyl halides is 6. The van der Waals surface area contributed by atoms with E-state index in [1.807, 2.05) is 0 Å². The van der Waals surface area contributed by atoms with Crippen LogP contribution >= 0.6 is 0 Å². The van der Waals surface area contributed by atoms with E-state index < -0.39 is 40.8 Å². The first-order chi connectivity index (χ1) is 12.4. The predicted molar refractivity (Wildman–Crippen MR) is 87.5 cm³/mol. The van der Waals surface area contributed by atoms with Gasteiger partial charge in [0.05, 0.1) is 11.3 Å². The maximum Gasteiger partial charge on any atom is 0.433 e. The van der Waals surface area contributed by atoms with E-state index in [2.05, 4.69) is 10.3 Å². The molecule has 2 aromatic rings. The Morgan fingerprint density at radius 3 is 2.33 bits per heavy atom. The molecule has 0 aliphatic carbocycles. The number of nitrogens with one attached hydrogen (secondary N) is 1. The third-order valence-electron chi connectivity index (χ3n) is 3.63. The lowest BCUT2D eigenvalue weighted by Gasteiger charge is -2.18. The summed E-state index contributed by atoms with van der Waals surface area (Å²) >= 11 is 0. The van der Waals surface area contributed by atoms with E-state index in [-0.39, 0.29) is 12.2 Å². The van der Waals surface area contributed by atoms with Crippen LogP contribution in [0.4, 0.5) is 43.7 Å². The monoisotopic (exact) mass is 394 g/mol. The molecule has 0 saturated carbocycles. The molecule has 0 aliphatic heterocycles. The Hall–Kier alpha value is -2.72. The molecule has 1 aromatic heterocycles. The molecule has 0 atom stereocenters. The first kappa shape index (κ1) is 20.6. The van der Waals surface area contributed by atoms with Crippen LogP contribution in [0, 0.1) is 0 Å². The fourth-order valence-electron chi connectivity index (χ4n) is 2.30. The van der Waals surface area contributed by atoms with E-state index in [1.54, 1.807) is 6.92 Å². The zero-order valence-corrected chi connectivity index (χ0v) is 14.1. The summed E-state index contributed by atoms with van der Waals surface area (Å²) in [5.41, 5.74) is 0.942. The van der Waals surface area contributed by atoms with Crippen molar-refractivity contribution in [1.29, 1.82) is 0 Å². The van der Waals surface area contributed by atoms with Gasteiger partial charge in [-0.05, 0) is 24.6 Å². The molecule has 148 valence electrons. The molecule has 5 nitrogen and oxygen atoms in total. The maximum absolute atomic E-state index is 13.2. The van der Waals surface area contributed by atoms with Crippen LogP contribution in [0.2, 0.25) is 0 Å². The van der Waals surface area contributed by atoms with Gasteiger partial charge in [0.2, 0.25) is 5.95 Å². The zero-order chi connectivity index (χ0) is 20.4. The van der Waals surface area contributed by atoms with Gasteiger partial charge in [-0.25, -0.2) is 4.98 Å². The molecule has 0 fully saturated rings. The Labute approximate surface area is 149 Å². The Bertz CT molecular complexity index is 873. The quantitative estimate of drug-likeness (QED) is 0.582. The SMILES string of the molecule is CCCCn1c(Nc2ccc(N)cc2C(F)(F)F)nc(C(F)(F)F)cc1=O. The Balaban J connectivity index is 2.61. The van der Waals surface area contributed by atoms with Gasteiger partial charge in [0, 0.05) is 18.3 Å². The van der Waals surface area contributed by atoms with Crippen LogP contribution in [-0.2, 0) is 18.9 Å². The minimum atomic E-state index is -4.92. The summed E-state index contributed by atoms with van der Waals surface area (Å²) in [5, 5.41) is 2.21. The summed E-state index contributed by atoms with van der Waals surface area (Å²) in [4.78, 5) is 15.4. The van der Waals surface area contributed by atoms with Gasteiger partial charge < -0.3 is 11.1 Å². The highest BCUT2D eigenvalue weighted by molar-refractivity contribution is 5.64. The number of hydrogen-bond donors (Lipinski definition) is 2. The second-order valence-corrected chi connectivity index (χ2v) is 5.73. The fraction of sp³-hybridized carbons (Fsp3) is 0.375. The topological polar surface area (TPSA) is 72.9 Å². The van der Waals surface area contributed by atoms with Gasteiger partial charge >= 0.3 is 12.4 Å². The zero-order valence-electron chi connectivity index (χ0n) is 14.1. The van der Waals surface area contributed by atoms with Gasteiger partial charge in [0.15, 0.2) is 5.69 Å². The molecule has 1 aromatic carbocycles. The highest BCUT2D eigenvalue weighted by atomic mass is 19.4. The van der Waals surface area contributed by atoms with E-state index in [4.69, 9.17) is 5.73 Å². The van der Waals surface area contributed by atoms with Crippen molar-refractivity contribution in [2.45, 2.75) is 38.7 Å². The molecule has 0 aliphatic rings. The lowest BCUT2D eigenvalue weighted by Crippen LogP contribution is -2.27. The number of benzene rings is 1. The van der Waals surface area contributed by atoms with Crippen molar-refractivity contribution in [2.75, 3.05) is 11.1 Å². The number of hydrogen-bond acceptors (Lipinski definition) is 4. The Kier molecular flexibility index (Phi) is 5.71. The lowest BCUT2D eigenvalue weighted by molar-refractivity contribution is -0.141. The normalized spacial score (nSPS) is 12.3. The second-order valence-electron chi connectivity index (χ2n) is 5.73. The standard InChI is InChI=1S/C16H16F6N4O/c1-2-3-6-26-13(27)8-12(16(20,21)22)25-14(26)24-11-5-4-9(23)7-10(11)15(17,18)19/h4-5,7-8H,2-3,6,23H2,1H3,(H,24,25). The van der Waals surface area contributed by atoms with Crippen LogP contribution in [0.5, 0.6) is 0 Å². The number of nitrogens with zero attached hydrogens (tertiary/aromatic N) is 2. The van der Waals surface area contributed by atoms with E-state index in [9.17, 15) is 31.1 Å². The molecule has 2 rings (SSSR count). The molecule has 0 bridgehead atoms. The molecule has 27 heavy (non-hydrogen) atoms. The van der Waals surface area contributed by atoms with Gasteiger partial charge in [0.1, 0.15) is 0 Å². The molecule has 0 saturated heterocycles. The molecule has 0 unspecified atom stereocenters. The highest BCUT2D eigenvalue weighted by Gasteiger charge is 2.36. The smallest absolute Gasteiger partial charge is 0.399 e. The number of nitrogen functional groups attached to an aromatic ring is 1. The van der Waals surface area contributed by atoms with Crippen molar-refractivity contribution in [2.24, 2.45) is 0 Å². The highest BCUT2D eigenvalue weighted by Crippen LogP contribution is 2.37. The molecule has 3 N–H and O–H groups in total. The van der Waals surface area contributed by atoms with Crippen LogP contribution in [0.1, 0.15) is 31.0 Å². The van der Waals surface area contributed by atoms with Crippen molar-refractivity contribution < 1.29 is 26.3 Å². The predicted octanol–water partition coefficient (Wildman–Crippen LogP) is 4.41. The molecular formula is C16H16F6N4O. The molecule has 1 heterocycles. The number of anilines is 3. The third kappa shape index (κ3) is 4.92. The number of nitrogens with two attached hydrogens (primary N) is 1. The third-order valence-corrected chi connectivity index (χ3v) is 3.63. The van der Waals surface area contributed by atoms with Crippen LogP contribution in [-0.4, -0.2) is 9.55 Å². The van der Waals surface area contributed by atoms with Gasteiger partial charge in [-0.3, -0.25) is 9.36 Å². The van der Waals surface area contributed by atoms with Gasteiger partial charge in [-0.1, -0.05) is 13.3 Å². The first-order valence-corrected chi connectivity index (χ1v) is 7.86. The Morgan fingerprint density at radius 2 is 1.78 bits per heavy atom. The van der Waals surface area contributed by atoms with Gasteiger partial charge in [-0.2, -0.15) is 26.3 Å². The lowest BCUT2D eigenvalue weighted by atomic mass is 10.1. The number of unbranched alkanes of at least 4 members (excludes halogenated alkanes) is 1. The van der Waals surface area contributed by atoms with Crippen LogP contribution < -0.4 is 16.6 Å². The van der Waals surface area contributed by atoms with Crippen molar-refractivity contribution in [3.63, 3.8) is 0 Å². The van der Waals surface area contributed by atoms with Crippen molar-refractivity contribution >= 4 is 17.3 Å². The summed E-state index contributed by atoms with van der Waals surface area (Å²) in [6, 6.07) is 3.08. The average molecular weight is 394 g/mol. The molecule has 0 amide bonds. The minimum absolute atomic E-state index is 0.000866. The van der Waals surface area contributed by atoms with Crippen molar-refractivity contribution in [3.8, 4) is 0 Å². The van der Waals surface area contributed by atoms with E-state index in [1.165, 1.54) is 0 Å². The molecular weight excluding hydrogens is 378 g/mol. The second kappa shape index (κ2) is 7.49. The van der Waals surface area contributed by atoms with Gasteiger partial charge in [-0.15, -0.1) is 0 Å². The van der Waals surface area contributed by atoms with E-state index >= 15 is 0 Å². The first-order valence-electron chi connectivity index (χ1n) is 7.86.